The Bertz CT molecular complexity index is 762. The van der Waals surface area contributed by atoms with Crippen LogP contribution in [0, 0.1) is 6.92 Å². The lowest BCUT2D eigenvalue weighted by Gasteiger charge is -2.33. The molecule has 1 aromatic heterocycles. The number of aryl methyl sites for hydroxylation is 2. The zero-order valence-corrected chi connectivity index (χ0v) is 18.2. The Hall–Kier alpha value is -1.92. The summed E-state index contributed by atoms with van der Waals surface area (Å²) in [5.74, 6) is 0.907. The standard InChI is InChI=1S/C22H33N5S/c1-4-20-15-25-21(28-20)9-12-24-22(23-3)26-19-10-13-27(14-11-19)16-18-8-6-5-7-17(18)2/h5-8,15,19H,4,9-14,16H2,1-3H3,(H2,23,24,26). The van der Waals surface area contributed by atoms with Gasteiger partial charge >= 0.3 is 0 Å². The van der Waals surface area contributed by atoms with Crippen LogP contribution in [0.3, 0.4) is 0 Å². The van der Waals surface area contributed by atoms with Crippen LogP contribution in [0.25, 0.3) is 0 Å². The molecule has 0 aliphatic carbocycles. The minimum atomic E-state index is 0.492. The van der Waals surface area contributed by atoms with Crippen LogP contribution in [0.2, 0.25) is 0 Å². The van der Waals surface area contributed by atoms with E-state index in [0.717, 1.165) is 57.8 Å². The molecule has 0 bridgehead atoms. The number of nitrogens with one attached hydrogen (secondary N) is 2. The van der Waals surface area contributed by atoms with Crippen LogP contribution >= 0.6 is 11.3 Å². The van der Waals surface area contributed by atoms with Gasteiger partial charge in [0, 0.05) is 56.8 Å². The van der Waals surface area contributed by atoms with Crippen LogP contribution in [0.1, 0.15) is 40.8 Å². The van der Waals surface area contributed by atoms with Gasteiger partial charge in [-0.25, -0.2) is 4.98 Å². The lowest BCUT2D eigenvalue weighted by atomic mass is 10.0. The number of rotatable bonds is 7. The van der Waals surface area contributed by atoms with Crippen molar-refractivity contribution in [2.45, 2.75) is 52.1 Å². The molecule has 1 saturated heterocycles. The van der Waals surface area contributed by atoms with E-state index in [2.05, 4.69) is 63.6 Å². The van der Waals surface area contributed by atoms with E-state index in [4.69, 9.17) is 0 Å². The molecular formula is C22H33N5S. The Balaban J connectivity index is 1.38. The minimum Gasteiger partial charge on any atom is -0.356 e. The van der Waals surface area contributed by atoms with Crippen molar-refractivity contribution in [2.75, 3.05) is 26.7 Å². The maximum Gasteiger partial charge on any atom is 0.191 e. The van der Waals surface area contributed by atoms with Gasteiger partial charge in [-0.2, -0.15) is 0 Å². The third kappa shape index (κ3) is 6.04. The Morgan fingerprint density at radius 1 is 1.29 bits per heavy atom. The second-order valence-corrected chi connectivity index (χ2v) is 8.64. The highest BCUT2D eigenvalue weighted by Gasteiger charge is 2.20. The second-order valence-electron chi connectivity index (χ2n) is 7.44. The molecule has 0 unspecified atom stereocenters. The molecule has 5 nitrogen and oxygen atoms in total. The largest absolute Gasteiger partial charge is 0.356 e. The van der Waals surface area contributed by atoms with Gasteiger partial charge in [0.25, 0.3) is 0 Å². The van der Waals surface area contributed by atoms with Gasteiger partial charge in [0.05, 0.1) is 5.01 Å². The number of hydrogen-bond donors (Lipinski definition) is 2. The summed E-state index contributed by atoms with van der Waals surface area (Å²) >= 11 is 1.81. The van der Waals surface area contributed by atoms with Crippen molar-refractivity contribution in [3.63, 3.8) is 0 Å². The van der Waals surface area contributed by atoms with Crippen molar-refractivity contribution in [2.24, 2.45) is 4.99 Å². The highest BCUT2D eigenvalue weighted by atomic mass is 32.1. The number of hydrogen-bond acceptors (Lipinski definition) is 4. The fraction of sp³-hybridized carbons (Fsp3) is 0.545. The second kappa shape index (κ2) is 10.6. The van der Waals surface area contributed by atoms with Gasteiger partial charge in [-0.05, 0) is 37.3 Å². The lowest BCUT2D eigenvalue weighted by molar-refractivity contribution is 0.198. The first-order valence-electron chi connectivity index (χ1n) is 10.4. The smallest absolute Gasteiger partial charge is 0.191 e. The summed E-state index contributed by atoms with van der Waals surface area (Å²) in [6, 6.07) is 9.20. The molecule has 0 radical (unpaired) electrons. The predicted molar refractivity (Wildman–Crippen MR) is 119 cm³/mol. The van der Waals surface area contributed by atoms with E-state index in [1.54, 1.807) is 0 Å². The summed E-state index contributed by atoms with van der Waals surface area (Å²) in [5, 5.41) is 8.24. The fourth-order valence-corrected chi connectivity index (χ4v) is 4.43. The number of guanidine groups is 1. The molecule has 0 saturated carbocycles. The Morgan fingerprint density at radius 2 is 2.07 bits per heavy atom. The molecule has 1 aromatic carbocycles. The van der Waals surface area contributed by atoms with Crippen LogP contribution in [-0.4, -0.2) is 48.6 Å². The molecule has 1 fully saturated rings. The SMILES string of the molecule is CCc1cnc(CCNC(=NC)NC2CCN(Cc3ccccc3C)CC2)s1. The van der Waals surface area contributed by atoms with Crippen LogP contribution in [0.4, 0.5) is 0 Å². The first-order chi connectivity index (χ1) is 13.7. The summed E-state index contributed by atoms with van der Waals surface area (Å²) in [5.41, 5.74) is 2.83. The molecule has 2 N–H and O–H groups in total. The number of nitrogens with zero attached hydrogens (tertiary/aromatic N) is 3. The first-order valence-corrected chi connectivity index (χ1v) is 11.2. The number of aliphatic imine (C=N–C) groups is 1. The van der Waals surface area contributed by atoms with E-state index in [1.165, 1.54) is 21.0 Å². The molecule has 0 atom stereocenters. The molecule has 28 heavy (non-hydrogen) atoms. The predicted octanol–water partition coefficient (Wildman–Crippen LogP) is 3.39. The van der Waals surface area contributed by atoms with Gasteiger partial charge in [-0.3, -0.25) is 9.89 Å². The number of likely N-dealkylation sites (tertiary alicyclic amines) is 1. The maximum atomic E-state index is 4.49. The van der Waals surface area contributed by atoms with E-state index in [0.29, 0.717) is 6.04 Å². The van der Waals surface area contributed by atoms with Crippen molar-refractivity contribution >= 4 is 17.3 Å². The first kappa shape index (κ1) is 20.8. The number of benzene rings is 1. The summed E-state index contributed by atoms with van der Waals surface area (Å²) < 4.78 is 0. The zero-order valence-electron chi connectivity index (χ0n) is 17.4. The third-order valence-corrected chi connectivity index (χ3v) is 6.59. The van der Waals surface area contributed by atoms with E-state index < -0.39 is 0 Å². The van der Waals surface area contributed by atoms with Gasteiger partial charge in [-0.1, -0.05) is 31.2 Å². The molecular weight excluding hydrogens is 366 g/mol. The molecule has 0 spiro atoms. The summed E-state index contributed by atoms with van der Waals surface area (Å²) in [4.78, 5) is 12.8. The zero-order chi connectivity index (χ0) is 19.8. The van der Waals surface area contributed by atoms with Crippen LogP contribution in [0.15, 0.2) is 35.5 Å². The normalized spacial score (nSPS) is 16.3. The van der Waals surface area contributed by atoms with E-state index >= 15 is 0 Å². The highest BCUT2D eigenvalue weighted by Crippen LogP contribution is 2.16. The maximum absolute atomic E-state index is 4.49. The van der Waals surface area contributed by atoms with Gasteiger partial charge in [-0.15, -0.1) is 11.3 Å². The summed E-state index contributed by atoms with van der Waals surface area (Å²) in [6.45, 7) is 8.55. The van der Waals surface area contributed by atoms with E-state index in [1.807, 2.05) is 24.6 Å². The van der Waals surface area contributed by atoms with Crippen molar-refractivity contribution < 1.29 is 0 Å². The Kier molecular flexibility index (Phi) is 7.86. The monoisotopic (exact) mass is 399 g/mol. The molecule has 1 aliphatic heterocycles. The Labute approximate surface area is 173 Å². The van der Waals surface area contributed by atoms with Crippen LogP contribution in [0.5, 0.6) is 0 Å². The minimum absolute atomic E-state index is 0.492. The third-order valence-electron chi connectivity index (χ3n) is 5.39. The fourth-order valence-electron chi connectivity index (χ4n) is 3.57. The lowest BCUT2D eigenvalue weighted by Crippen LogP contribution is -2.48. The quantitative estimate of drug-likeness (QED) is 0.554. The highest BCUT2D eigenvalue weighted by molar-refractivity contribution is 7.11. The molecule has 0 amide bonds. The van der Waals surface area contributed by atoms with Crippen LogP contribution in [-0.2, 0) is 19.4 Å². The van der Waals surface area contributed by atoms with E-state index in [-0.39, 0.29) is 0 Å². The van der Waals surface area contributed by atoms with Crippen molar-refractivity contribution in [1.82, 2.24) is 20.5 Å². The molecule has 2 aromatic rings. The molecule has 6 heteroatoms. The van der Waals surface area contributed by atoms with Crippen molar-refractivity contribution in [3.8, 4) is 0 Å². The molecule has 1 aliphatic rings. The van der Waals surface area contributed by atoms with Gasteiger partial charge in [0.2, 0.25) is 0 Å². The number of aromatic nitrogens is 1. The molecule has 2 heterocycles. The van der Waals surface area contributed by atoms with Crippen molar-refractivity contribution in [3.05, 3.63) is 51.5 Å². The number of thiazole rings is 1. The topological polar surface area (TPSA) is 52.6 Å². The summed E-state index contributed by atoms with van der Waals surface area (Å²) in [7, 11) is 1.85. The van der Waals surface area contributed by atoms with Crippen LogP contribution < -0.4 is 10.6 Å². The van der Waals surface area contributed by atoms with Gasteiger partial charge in [0.1, 0.15) is 0 Å². The molecule has 152 valence electrons. The average molecular weight is 400 g/mol. The van der Waals surface area contributed by atoms with Gasteiger partial charge in [0.15, 0.2) is 5.96 Å². The Morgan fingerprint density at radius 3 is 2.75 bits per heavy atom. The van der Waals surface area contributed by atoms with Gasteiger partial charge < -0.3 is 10.6 Å². The average Bonchev–Trinajstić information content (AvgIpc) is 3.18. The summed E-state index contributed by atoms with van der Waals surface area (Å²) in [6.07, 6.45) is 6.31. The number of piperidine rings is 1. The molecule has 3 rings (SSSR count). The van der Waals surface area contributed by atoms with E-state index in [9.17, 15) is 0 Å². The van der Waals surface area contributed by atoms with Crippen molar-refractivity contribution in [1.29, 1.82) is 0 Å².